The van der Waals surface area contributed by atoms with Crippen LogP contribution in [0.3, 0.4) is 0 Å². The number of benzene rings is 1. The largest absolute Gasteiger partial charge is 0.384 e. The maximum absolute atomic E-state index is 5.71. The first-order valence-corrected chi connectivity index (χ1v) is 8.11. The summed E-state index contributed by atoms with van der Waals surface area (Å²) in [6.45, 7) is 0.769. The second kappa shape index (κ2) is 6.19. The third-order valence-corrected chi connectivity index (χ3v) is 4.18. The van der Waals surface area contributed by atoms with E-state index in [0.717, 1.165) is 17.7 Å². The summed E-state index contributed by atoms with van der Waals surface area (Å²) < 4.78 is 0. The van der Waals surface area contributed by atoms with E-state index >= 15 is 0 Å². The predicted octanol–water partition coefficient (Wildman–Crippen LogP) is 2.97. The zero-order valence-electron chi connectivity index (χ0n) is 12.5. The second-order valence-corrected chi connectivity index (χ2v) is 5.89. The van der Waals surface area contributed by atoms with Crippen molar-refractivity contribution in [3.05, 3.63) is 48.3 Å². The standard InChI is InChI=1S/C16H17N5S/c1-21(9-11-3-5-12(22-2)6-4-11)16-13-7-8-14(17)20-15(13)18-10-19-16/h3-8,10H,9H2,1-2H3,(H2,17,18,19,20). The quantitative estimate of drug-likeness (QED) is 0.747. The number of hydrogen-bond donors (Lipinski definition) is 1. The molecular formula is C16H17N5S. The fourth-order valence-corrected chi connectivity index (χ4v) is 2.74. The van der Waals surface area contributed by atoms with Gasteiger partial charge in [-0.2, -0.15) is 0 Å². The highest BCUT2D eigenvalue weighted by molar-refractivity contribution is 7.98. The minimum atomic E-state index is 0.465. The summed E-state index contributed by atoms with van der Waals surface area (Å²) in [5, 5.41) is 0.903. The second-order valence-electron chi connectivity index (χ2n) is 5.01. The van der Waals surface area contributed by atoms with Crippen LogP contribution in [0.5, 0.6) is 0 Å². The molecule has 0 atom stereocenters. The van der Waals surface area contributed by atoms with E-state index in [9.17, 15) is 0 Å². The molecule has 0 saturated heterocycles. The Balaban J connectivity index is 1.89. The molecule has 0 amide bonds. The van der Waals surface area contributed by atoms with E-state index in [1.54, 1.807) is 17.8 Å². The van der Waals surface area contributed by atoms with Crippen molar-refractivity contribution in [3.8, 4) is 0 Å². The highest BCUT2D eigenvalue weighted by Gasteiger charge is 2.10. The van der Waals surface area contributed by atoms with E-state index in [0.29, 0.717) is 11.5 Å². The van der Waals surface area contributed by atoms with Crippen molar-refractivity contribution < 1.29 is 0 Å². The summed E-state index contributed by atoms with van der Waals surface area (Å²) in [4.78, 5) is 16.2. The fraction of sp³-hybridized carbons (Fsp3) is 0.188. The van der Waals surface area contributed by atoms with Crippen molar-refractivity contribution in [2.75, 3.05) is 23.9 Å². The molecule has 0 fully saturated rings. The van der Waals surface area contributed by atoms with Gasteiger partial charge in [-0.25, -0.2) is 15.0 Å². The SMILES string of the molecule is CSc1ccc(CN(C)c2ncnc3nc(N)ccc23)cc1. The molecule has 0 bridgehead atoms. The van der Waals surface area contributed by atoms with Gasteiger partial charge in [-0.1, -0.05) is 12.1 Å². The van der Waals surface area contributed by atoms with Crippen molar-refractivity contribution in [1.82, 2.24) is 15.0 Å². The number of hydrogen-bond acceptors (Lipinski definition) is 6. The molecule has 0 unspecified atom stereocenters. The van der Waals surface area contributed by atoms with Crippen LogP contribution in [-0.2, 0) is 6.54 Å². The molecule has 0 saturated carbocycles. The molecule has 3 aromatic rings. The molecule has 0 aliphatic carbocycles. The third kappa shape index (κ3) is 2.96. The average Bonchev–Trinajstić information content (AvgIpc) is 2.54. The predicted molar refractivity (Wildman–Crippen MR) is 92.1 cm³/mol. The molecule has 1 aromatic carbocycles. The number of nitrogens with two attached hydrogens (primary N) is 1. The van der Waals surface area contributed by atoms with Crippen molar-refractivity contribution in [1.29, 1.82) is 0 Å². The summed E-state index contributed by atoms with van der Waals surface area (Å²) >= 11 is 1.74. The van der Waals surface area contributed by atoms with Gasteiger partial charge in [0.15, 0.2) is 5.65 Å². The van der Waals surface area contributed by atoms with E-state index in [-0.39, 0.29) is 0 Å². The van der Waals surface area contributed by atoms with Crippen LogP contribution >= 0.6 is 11.8 Å². The molecule has 112 valence electrons. The Morgan fingerprint density at radius 2 is 1.86 bits per heavy atom. The molecule has 0 aliphatic rings. The number of rotatable bonds is 4. The lowest BCUT2D eigenvalue weighted by Gasteiger charge is -2.19. The van der Waals surface area contributed by atoms with Crippen molar-refractivity contribution in [2.45, 2.75) is 11.4 Å². The van der Waals surface area contributed by atoms with Crippen LogP contribution in [0.15, 0.2) is 47.6 Å². The average molecular weight is 311 g/mol. The topological polar surface area (TPSA) is 67.9 Å². The number of nitrogens with zero attached hydrogens (tertiary/aromatic N) is 4. The number of nitrogen functional groups attached to an aromatic ring is 1. The number of anilines is 2. The fourth-order valence-electron chi connectivity index (χ4n) is 2.33. The van der Waals surface area contributed by atoms with Gasteiger partial charge in [-0.05, 0) is 36.1 Å². The first kappa shape index (κ1) is 14.6. The zero-order valence-corrected chi connectivity index (χ0v) is 13.3. The maximum Gasteiger partial charge on any atom is 0.166 e. The van der Waals surface area contributed by atoms with E-state index in [2.05, 4.69) is 50.4 Å². The van der Waals surface area contributed by atoms with E-state index < -0.39 is 0 Å². The molecule has 22 heavy (non-hydrogen) atoms. The van der Waals surface area contributed by atoms with Crippen LogP contribution in [0, 0.1) is 0 Å². The van der Waals surface area contributed by atoms with Gasteiger partial charge >= 0.3 is 0 Å². The van der Waals surface area contributed by atoms with E-state index in [1.807, 2.05) is 13.1 Å². The molecule has 3 rings (SSSR count). The Bertz CT molecular complexity index is 788. The Hall–Kier alpha value is -2.34. The van der Waals surface area contributed by atoms with Gasteiger partial charge in [0.1, 0.15) is 18.0 Å². The lowest BCUT2D eigenvalue weighted by Crippen LogP contribution is -2.18. The molecule has 2 N–H and O–H groups in total. The minimum absolute atomic E-state index is 0.465. The van der Waals surface area contributed by atoms with E-state index in [4.69, 9.17) is 5.73 Å². The van der Waals surface area contributed by atoms with Crippen LogP contribution in [0.25, 0.3) is 11.0 Å². The molecule has 0 radical (unpaired) electrons. The number of thioether (sulfide) groups is 1. The monoisotopic (exact) mass is 311 g/mol. The Labute approximate surface area is 133 Å². The van der Waals surface area contributed by atoms with Crippen molar-refractivity contribution in [2.24, 2.45) is 0 Å². The first-order chi connectivity index (χ1) is 10.7. The van der Waals surface area contributed by atoms with Crippen LogP contribution in [0.4, 0.5) is 11.6 Å². The summed E-state index contributed by atoms with van der Waals surface area (Å²) in [6.07, 6.45) is 3.60. The molecule has 5 nitrogen and oxygen atoms in total. The lowest BCUT2D eigenvalue weighted by molar-refractivity contribution is 0.898. The molecular weight excluding hydrogens is 294 g/mol. The highest BCUT2D eigenvalue weighted by Crippen LogP contribution is 2.23. The van der Waals surface area contributed by atoms with Crippen LogP contribution < -0.4 is 10.6 Å². The van der Waals surface area contributed by atoms with Gasteiger partial charge in [0, 0.05) is 18.5 Å². The summed E-state index contributed by atoms with van der Waals surface area (Å²) in [6, 6.07) is 12.2. The van der Waals surface area contributed by atoms with Crippen LogP contribution in [-0.4, -0.2) is 28.3 Å². The molecule has 6 heteroatoms. The van der Waals surface area contributed by atoms with Gasteiger partial charge in [0.05, 0.1) is 5.39 Å². The lowest BCUT2D eigenvalue weighted by atomic mass is 10.2. The Kier molecular flexibility index (Phi) is 4.11. The Morgan fingerprint density at radius 1 is 1.09 bits per heavy atom. The number of fused-ring (bicyclic) bond motifs is 1. The van der Waals surface area contributed by atoms with Crippen LogP contribution in [0.1, 0.15) is 5.56 Å². The van der Waals surface area contributed by atoms with E-state index in [1.165, 1.54) is 16.8 Å². The number of pyridine rings is 1. The van der Waals surface area contributed by atoms with Gasteiger partial charge in [-0.15, -0.1) is 11.8 Å². The van der Waals surface area contributed by atoms with Crippen molar-refractivity contribution >= 4 is 34.4 Å². The third-order valence-electron chi connectivity index (χ3n) is 3.44. The zero-order chi connectivity index (χ0) is 15.5. The summed E-state index contributed by atoms with van der Waals surface area (Å²) in [7, 11) is 2.01. The molecule has 2 heterocycles. The van der Waals surface area contributed by atoms with Gasteiger partial charge in [0.25, 0.3) is 0 Å². The van der Waals surface area contributed by atoms with Gasteiger partial charge in [0.2, 0.25) is 0 Å². The van der Waals surface area contributed by atoms with Gasteiger partial charge in [-0.3, -0.25) is 0 Å². The normalized spacial score (nSPS) is 10.8. The smallest absolute Gasteiger partial charge is 0.166 e. The van der Waals surface area contributed by atoms with Gasteiger partial charge < -0.3 is 10.6 Å². The Morgan fingerprint density at radius 3 is 2.59 bits per heavy atom. The highest BCUT2D eigenvalue weighted by atomic mass is 32.2. The maximum atomic E-state index is 5.71. The van der Waals surface area contributed by atoms with Crippen molar-refractivity contribution in [3.63, 3.8) is 0 Å². The first-order valence-electron chi connectivity index (χ1n) is 6.88. The molecule has 2 aromatic heterocycles. The molecule has 0 spiro atoms. The minimum Gasteiger partial charge on any atom is -0.384 e. The van der Waals surface area contributed by atoms with Crippen LogP contribution in [0.2, 0.25) is 0 Å². The summed E-state index contributed by atoms with van der Waals surface area (Å²) in [5.74, 6) is 1.32. The number of aromatic nitrogens is 3. The molecule has 0 aliphatic heterocycles. The summed E-state index contributed by atoms with van der Waals surface area (Å²) in [5.41, 5.74) is 7.57.